The Bertz CT molecular complexity index is 476. The summed E-state index contributed by atoms with van der Waals surface area (Å²) in [5.74, 6) is 0.205. The van der Waals surface area contributed by atoms with E-state index < -0.39 is 15.9 Å². The lowest BCUT2D eigenvalue weighted by Gasteiger charge is -2.27. The molecule has 0 saturated heterocycles. The van der Waals surface area contributed by atoms with Crippen molar-refractivity contribution in [3.8, 4) is 0 Å². The molecular weight excluding hydrogens is 256 g/mol. The Morgan fingerprint density at radius 2 is 2.35 bits per heavy atom. The van der Waals surface area contributed by atoms with Crippen molar-refractivity contribution in [2.45, 2.75) is 37.7 Å². The van der Waals surface area contributed by atoms with Crippen molar-refractivity contribution in [1.29, 1.82) is 0 Å². The van der Waals surface area contributed by atoms with E-state index in [1.165, 1.54) is 16.7 Å². The maximum Gasteiger partial charge on any atom is 0.147 e. The Balaban J connectivity index is 2.04. The van der Waals surface area contributed by atoms with Crippen LogP contribution in [0.1, 0.15) is 35.6 Å². The van der Waals surface area contributed by atoms with Crippen LogP contribution in [0.15, 0.2) is 11.4 Å². The van der Waals surface area contributed by atoms with Gasteiger partial charge in [0.25, 0.3) is 0 Å². The fourth-order valence-electron chi connectivity index (χ4n) is 2.46. The average Bonchev–Trinajstić information content (AvgIpc) is 2.72. The summed E-state index contributed by atoms with van der Waals surface area (Å²) in [6.07, 6.45) is 4.19. The van der Waals surface area contributed by atoms with E-state index in [4.69, 9.17) is 0 Å². The fourth-order valence-corrected chi connectivity index (χ4v) is 4.12. The second-order valence-corrected chi connectivity index (χ2v) is 8.04. The van der Waals surface area contributed by atoms with Gasteiger partial charge in [0.1, 0.15) is 9.84 Å². The summed E-state index contributed by atoms with van der Waals surface area (Å²) >= 11 is 1.74. The molecule has 1 aliphatic rings. The molecule has 0 bridgehead atoms. The number of aliphatic hydroxyl groups excluding tert-OH is 1. The molecule has 2 rings (SSSR count). The molecule has 1 aliphatic carbocycles. The van der Waals surface area contributed by atoms with Gasteiger partial charge in [-0.2, -0.15) is 0 Å². The van der Waals surface area contributed by atoms with Crippen LogP contribution in [0.4, 0.5) is 0 Å². The first-order valence-electron chi connectivity index (χ1n) is 5.89. The number of aryl methyl sites for hydroxylation is 1. The van der Waals surface area contributed by atoms with Crippen LogP contribution in [0, 0.1) is 0 Å². The van der Waals surface area contributed by atoms with Gasteiger partial charge in [-0.3, -0.25) is 0 Å². The third-order valence-electron chi connectivity index (χ3n) is 3.35. The molecule has 96 valence electrons. The van der Waals surface area contributed by atoms with Crippen LogP contribution in [0.2, 0.25) is 0 Å². The Kier molecular flexibility index (Phi) is 3.90. The lowest BCUT2D eigenvalue weighted by atomic mass is 9.83. The summed E-state index contributed by atoms with van der Waals surface area (Å²) in [6.45, 7) is 0. The Labute approximate surface area is 106 Å². The fraction of sp³-hybridized carbons (Fsp3) is 0.667. The van der Waals surface area contributed by atoms with Gasteiger partial charge in [-0.05, 0) is 42.7 Å². The number of hydrogen-bond acceptors (Lipinski definition) is 4. The summed E-state index contributed by atoms with van der Waals surface area (Å²) in [7, 11) is -2.98. The second kappa shape index (κ2) is 5.08. The zero-order valence-corrected chi connectivity index (χ0v) is 11.6. The molecule has 0 fully saturated rings. The highest BCUT2D eigenvalue weighted by molar-refractivity contribution is 7.90. The maximum atomic E-state index is 11.1. The van der Waals surface area contributed by atoms with E-state index in [0.717, 1.165) is 19.3 Å². The van der Waals surface area contributed by atoms with Gasteiger partial charge in [-0.1, -0.05) is 0 Å². The molecule has 0 saturated carbocycles. The highest BCUT2D eigenvalue weighted by Crippen LogP contribution is 2.37. The van der Waals surface area contributed by atoms with Crippen molar-refractivity contribution in [3.63, 3.8) is 0 Å². The van der Waals surface area contributed by atoms with Gasteiger partial charge < -0.3 is 5.11 Å². The van der Waals surface area contributed by atoms with Crippen LogP contribution < -0.4 is 0 Å². The summed E-state index contributed by atoms with van der Waals surface area (Å²) in [4.78, 5) is 1.36. The first-order valence-corrected chi connectivity index (χ1v) is 8.83. The SMILES string of the molecule is CS(=O)(=O)CCC(O)C1CCCc2sccc21. The largest absolute Gasteiger partial charge is 0.392 e. The zero-order valence-electron chi connectivity index (χ0n) is 9.93. The summed E-state index contributed by atoms with van der Waals surface area (Å²) in [6, 6.07) is 2.08. The number of thiophene rings is 1. The van der Waals surface area contributed by atoms with Gasteiger partial charge in [-0.25, -0.2) is 8.42 Å². The lowest BCUT2D eigenvalue weighted by Crippen LogP contribution is -2.24. The van der Waals surface area contributed by atoms with E-state index in [1.807, 2.05) is 0 Å². The second-order valence-electron chi connectivity index (χ2n) is 4.78. The van der Waals surface area contributed by atoms with Crippen molar-refractivity contribution in [2.24, 2.45) is 0 Å². The molecule has 1 aromatic rings. The number of fused-ring (bicyclic) bond motifs is 1. The van der Waals surface area contributed by atoms with Gasteiger partial charge in [0.2, 0.25) is 0 Å². The van der Waals surface area contributed by atoms with E-state index in [0.29, 0.717) is 6.42 Å². The number of aliphatic hydroxyl groups is 1. The highest BCUT2D eigenvalue weighted by Gasteiger charge is 2.27. The topological polar surface area (TPSA) is 54.4 Å². The summed E-state index contributed by atoms with van der Waals surface area (Å²) < 4.78 is 22.2. The first kappa shape index (κ1) is 13.1. The number of sulfone groups is 1. The molecule has 0 aromatic carbocycles. The van der Waals surface area contributed by atoms with Crippen LogP contribution in [0.3, 0.4) is 0 Å². The zero-order chi connectivity index (χ0) is 12.5. The van der Waals surface area contributed by atoms with Crippen LogP contribution in [-0.4, -0.2) is 31.6 Å². The Morgan fingerprint density at radius 1 is 1.59 bits per heavy atom. The van der Waals surface area contributed by atoms with Crippen LogP contribution in [-0.2, 0) is 16.3 Å². The maximum absolute atomic E-state index is 11.1. The van der Waals surface area contributed by atoms with E-state index in [9.17, 15) is 13.5 Å². The Morgan fingerprint density at radius 3 is 3.06 bits per heavy atom. The van der Waals surface area contributed by atoms with E-state index in [-0.39, 0.29) is 11.7 Å². The molecule has 1 heterocycles. The van der Waals surface area contributed by atoms with Gasteiger partial charge >= 0.3 is 0 Å². The first-order chi connectivity index (χ1) is 7.97. The molecule has 0 spiro atoms. The minimum atomic E-state index is -2.98. The van der Waals surface area contributed by atoms with Crippen molar-refractivity contribution >= 4 is 21.2 Å². The van der Waals surface area contributed by atoms with Crippen LogP contribution >= 0.6 is 11.3 Å². The minimum absolute atomic E-state index is 0.0735. The molecule has 1 aromatic heterocycles. The van der Waals surface area contributed by atoms with Gasteiger partial charge in [0.05, 0.1) is 11.9 Å². The Hall–Kier alpha value is -0.390. The van der Waals surface area contributed by atoms with Crippen LogP contribution in [0.5, 0.6) is 0 Å². The smallest absolute Gasteiger partial charge is 0.147 e. The minimum Gasteiger partial charge on any atom is -0.392 e. The summed E-state index contributed by atoms with van der Waals surface area (Å²) in [5.41, 5.74) is 1.24. The van der Waals surface area contributed by atoms with Crippen molar-refractivity contribution < 1.29 is 13.5 Å². The predicted molar refractivity (Wildman–Crippen MR) is 70.3 cm³/mol. The van der Waals surface area contributed by atoms with Gasteiger partial charge in [0, 0.05) is 17.1 Å². The normalized spacial score (nSPS) is 22.1. The van der Waals surface area contributed by atoms with E-state index in [2.05, 4.69) is 11.4 Å². The average molecular weight is 274 g/mol. The molecule has 5 heteroatoms. The van der Waals surface area contributed by atoms with E-state index in [1.54, 1.807) is 11.3 Å². The lowest BCUT2D eigenvalue weighted by molar-refractivity contribution is 0.131. The standard InChI is InChI=1S/C12H18O3S2/c1-17(14,15)8-6-11(13)9-3-2-4-12-10(9)5-7-16-12/h5,7,9,11,13H,2-4,6,8H2,1H3. The molecule has 3 nitrogen and oxygen atoms in total. The number of rotatable bonds is 4. The molecule has 1 N–H and O–H groups in total. The van der Waals surface area contributed by atoms with Crippen molar-refractivity contribution in [1.82, 2.24) is 0 Å². The predicted octanol–water partition coefficient (Wildman–Crippen LogP) is 1.96. The summed E-state index contributed by atoms with van der Waals surface area (Å²) in [5, 5.41) is 12.2. The highest BCUT2D eigenvalue weighted by atomic mass is 32.2. The monoisotopic (exact) mass is 274 g/mol. The molecule has 2 atom stereocenters. The quantitative estimate of drug-likeness (QED) is 0.913. The molecule has 0 aliphatic heterocycles. The molecule has 17 heavy (non-hydrogen) atoms. The molecule has 0 radical (unpaired) electrons. The van der Waals surface area contributed by atoms with E-state index >= 15 is 0 Å². The van der Waals surface area contributed by atoms with Gasteiger partial charge in [0.15, 0.2) is 0 Å². The molecular formula is C12H18O3S2. The third-order valence-corrected chi connectivity index (χ3v) is 5.32. The third kappa shape index (κ3) is 3.30. The van der Waals surface area contributed by atoms with Crippen LogP contribution in [0.25, 0.3) is 0 Å². The number of hydrogen-bond donors (Lipinski definition) is 1. The van der Waals surface area contributed by atoms with Gasteiger partial charge in [-0.15, -0.1) is 11.3 Å². The molecule has 2 unspecified atom stereocenters. The van der Waals surface area contributed by atoms with Crippen molar-refractivity contribution in [2.75, 3.05) is 12.0 Å². The van der Waals surface area contributed by atoms with Crippen molar-refractivity contribution in [3.05, 3.63) is 21.9 Å². The molecule has 0 amide bonds.